The van der Waals surface area contributed by atoms with Gasteiger partial charge in [0.1, 0.15) is 12.4 Å². The summed E-state index contributed by atoms with van der Waals surface area (Å²) in [6.07, 6.45) is 0. The Morgan fingerprint density at radius 2 is 1.68 bits per heavy atom. The molecule has 0 bridgehead atoms. The molecule has 0 radical (unpaired) electrons. The Morgan fingerprint density at radius 3 is 2.48 bits per heavy atom. The van der Waals surface area contributed by atoms with Crippen molar-refractivity contribution in [3.05, 3.63) is 84.2 Å². The molecule has 3 aromatic carbocycles. The molecule has 1 aliphatic rings. The van der Waals surface area contributed by atoms with Crippen LogP contribution in [-0.2, 0) is 9.59 Å². The second kappa shape index (κ2) is 8.66. The summed E-state index contributed by atoms with van der Waals surface area (Å²) >= 11 is 0. The molecule has 156 valence electrons. The lowest BCUT2D eigenvalue weighted by Crippen LogP contribution is -2.44. The number of nitrogens with zero attached hydrogens (tertiary/aromatic N) is 1. The first-order valence-corrected chi connectivity index (χ1v) is 9.60. The summed E-state index contributed by atoms with van der Waals surface area (Å²) in [4.78, 5) is 38.9. The predicted octanol–water partition coefficient (Wildman–Crippen LogP) is 3.48. The van der Waals surface area contributed by atoms with E-state index in [-0.39, 0.29) is 24.9 Å². The molecular weight excluding hydrogens is 399 g/mol. The summed E-state index contributed by atoms with van der Waals surface area (Å²) in [5.74, 6) is -1.38. The molecule has 0 aromatic heterocycles. The van der Waals surface area contributed by atoms with Gasteiger partial charge in [-0.3, -0.25) is 19.3 Å². The van der Waals surface area contributed by atoms with Crippen molar-refractivity contribution in [2.24, 2.45) is 0 Å². The summed E-state index contributed by atoms with van der Waals surface area (Å²) in [6, 6.07) is 19.3. The molecule has 0 spiro atoms. The zero-order chi connectivity index (χ0) is 21.8. The van der Waals surface area contributed by atoms with E-state index in [0.29, 0.717) is 28.3 Å². The lowest BCUT2D eigenvalue weighted by atomic mass is 10.1. The third kappa shape index (κ3) is 4.53. The van der Waals surface area contributed by atoms with Gasteiger partial charge in [0.05, 0.1) is 23.5 Å². The molecule has 0 unspecified atom stereocenters. The van der Waals surface area contributed by atoms with Crippen LogP contribution in [0.5, 0.6) is 0 Å². The quantitative estimate of drug-likeness (QED) is 0.592. The summed E-state index contributed by atoms with van der Waals surface area (Å²) < 4.78 is 13.1. The van der Waals surface area contributed by atoms with Crippen molar-refractivity contribution < 1.29 is 18.8 Å². The molecule has 0 atom stereocenters. The van der Waals surface area contributed by atoms with Crippen LogP contribution in [0.2, 0.25) is 0 Å². The van der Waals surface area contributed by atoms with Crippen LogP contribution in [0, 0.1) is 5.82 Å². The lowest BCUT2D eigenvalue weighted by molar-refractivity contribution is -0.120. The Kier molecular flexibility index (Phi) is 5.61. The fourth-order valence-corrected chi connectivity index (χ4v) is 3.29. The van der Waals surface area contributed by atoms with Gasteiger partial charge in [-0.2, -0.15) is 0 Å². The number of carbonyl (C=O) groups excluding carboxylic acids is 3. The topological polar surface area (TPSA) is 90.5 Å². The molecule has 3 N–H and O–H groups in total. The maximum Gasteiger partial charge on any atom is 0.257 e. The molecule has 31 heavy (non-hydrogen) atoms. The van der Waals surface area contributed by atoms with E-state index in [9.17, 15) is 18.8 Å². The minimum Gasteiger partial charge on any atom is -0.375 e. The number of para-hydroxylation sites is 3. The smallest absolute Gasteiger partial charge is 0.257 e. The highest BCUT2D eigenvalue weighted by atomic mass is 19.1. The third-order valence-corrected chi connectivity index (χ3v) is 4.78. The van der Waals surface area contributed by atoms with E-state index < -0.39 is 11.7 Å². The minimum absolute atomic E-state index is 0.0791. The average molecular weight is 418 g/mol. The standard InChI is InChI=1S/C23H19FN4O3/c24-15-9-11-16(12-10-15)26-23(31)17-5-1-2-6-18(17)25-13-22(30)28-14-21(29)27-19-7-3-4-8-20(19)28/h1-12,25H,13-14H2,(H,26,31)(H,27,29). The number of fused-ring (bicyclic) bond motifs is 1. The van der Waals surface area contributed by atoms with E-state index in [1.165, 1.54) is 29.2 Å². The molecule has 7 nitrogen and oxygen atoms in total. The molecule has 8 heteroatoms. The van der Waals surface area contributed by atoms with Crippen LogP contribution in [0.15, 0.2) is 72.8 Å². The third-order valence-electron chi connectivity index (χ3n) is 4.78. The summed E-state index contributed by atoms with van der Waals surface area (Å²) in [5.41, 5.74) is 2.44. The fourth-order valence-electron chi connectivity index (χ4n) is 3.29. The van der Waals surface area contributed by atoms with Crippen LogP contribution in [0.1, 0.15) is 10.4 Å². The van der Waals surface area contributed by atoms with Gasteiger partial charge in [-0.25, -0.2) is 4.39 Å². The molecule has 0 aliphatic carbocycles. The maximum absolute atomic E-state index is 13.1. The fraction of sp³-hybridized carbons (Fsp3) is 0.0870. The maximum atomic E-state index is 13.1. The zero-order valence-corrected chi connectivity index (χ0v) is 16.4. The van der Waals surface area contributed by atoms with E-state index >= 15 is 0 Å². The second-order valence-corrected chi connectivity index (χ2v) is 6.91. The van der Waals surface area contributed by atoms with Crippen molar-refractivity contribution in [2.75, 3.05) is 33.9 Å². The molecule has 0 saturated heterocycles. The zero-order valence-electron chi connectivity index (χ0n) is 16.4. The Hall–Kier alpha value is -4.20. The highest BCUT2D eigenvalue weighted by Gasteiger charge is 2.26. The molecule has 4 rings (SSSR count). The molecular formula is C23H19FN4O3. The molecule has 1 aliphatic heterocycles. The van der Waals surface area contributed by atoms with Crippen LogP contribution in [-0.4, -0.2) is 30.8 Å². The highest BCUT2D eigenvalue weighted by molar-refractivity contribution is 6.11. The molecule has 0 saturated carbocycles. The Morgan fingerprint density at radius 1 is 0.968 bits per heavy atom. The van der Waals surface area contributed by atoms with Crippen molar-refractivity contribution in [1.82, 2.24) is 0 Å². The summed E-state index contributed by atoms with van der Waals surface area (Å²) in [6.45, 7) is -0.188. The number of rotatable bonds is 5. The number of benzene rings is 3. The number of carbonyl (C=O) groups is 3. The lowest BCUT2D eigenvalue weighted by Gasteiger charge is -2.29. The number of hydrogen-bond donors (Lipinski definition) is 3. The second-order valence-electron chi connectivity index (χ2n) is 6.91. The Bertz CT molecular complexity index is 1150. The van der Waals surface area contributed by atoms with Crippen LogP contribution >= 0.6 is 0 Å². The molecule has 3 amide bonds. The van der Waals surface area contributed by atoms with Crippen LogP contribution in [0.4, 0.5) is 27.1 Å². The molecule has 0 fully saturated rings. The summed E-state index contributed by atoms with van der Waals surface area (Å²) in [7, 11) is 0. The van der Waals surface area contributed by atoms with Crippen molar-refractivity contribution in [2.45, 2.75) is 0 Å². The van der Waals surface area contributed by atoms with Crippen LogP contribution < -0.4 is 20.9 Å². The van der Waals surface area contributed by atoms with E-state index in [2.05, 4.69) is 16.0 Å². The number of hydrogen-bond acceptors (Lipinski definition) is 4. The summed E-state index contributed by atoms with van der Waals surface area (Å²) in [5, 5.41) is 8.43. The van der Waals surface area contributed by atoms with Gasteiger partial charge >= 0.3 is 0 Å². The normalized spacial score (nSPS) is 12.5. The minimum atomic E-state index is -0.398. The van der Waals surface area contributed by atoms with Crippen molar-refractivity contribution >= 4 is 40.5 Å². The van der Waals surface area contributed by atoms with Crippen molar-refractivity contribution in [1.29, 1.82) is 0 Å². The molecule has 1 heterocycles. The number of halogens is 1. The van der Waals surface area contributed by atoms with E-state index in [1.54, 1.807) is 48.5 Å². The van der Waals surface area contributed by atoms with Gasteiger partial charge in [-0.1, -0.05) is 24.3 Å². The van der Waals surface area contributed by atoms with Crippen molar-refractivity contribution in [3.63, 3.8) is 0 Å². The van der Waals surface area contributed by atoms with Crippen molar-refractivity contribution in [3.8, 4) is 0 Å². The Balaban J connectivity index is 1.47. The number of nitrogens with one attached hydrogen (secondary N) is 3. The number of amides is 3. The Labute approximate surface area is 177 Å². The van der Waals surface area contributed by atoms with Gasteiger partial charge < -0.3 is 16.0 Å². The first kappa shape index (κ1) is 20.1. The first-order chi connectivity index (χ1) is 15.0. The van der Waals surface area contributed by atoms with E-state index in [1.807, 2.05) is 0 Å². The SMILES string of the molecule is O=C1CN(C(=O)CNc2ccccc2C(=O)Nc2ccc(F)cc2)c2ccccc2N1. The average Bonchev–Trinajstić information content (AvgIpc) is 2.78. The highest BCUT2D eigenvalue weighted by Crippen LogP contribution is 2.29. The monoisotopic (exact) mass is 418 g/mol. The van der Waals surface area contributed by atoms with E-state index in [0.717, 1.165) is 0 Å². The van der Waals surface area contributed by atoms with Gasteiger partial charge in [0.2, 0.25) is 11.8 Å². The number of anilines is 4. The molecule has 3 aromatic rings. The van der Waals surface area contributed by atoms with Gasteiger partial charge in [-0.15, -0.1) is 0 Å². The van der Waals surface area contributed by atoms with Gasteiger partial charge in [0.25, 0.3) is 5.91 Å². The predicted molar refractivity (Wildman–Crippen MR) is 117 cm³/mol. The van der Waals surface area contributed by atoms with Gasteiger partial charge in [0.15, 0.2) is 0 Å². The largest absolute Gasteiger partial charge is 0.375 e. The van der Waals surface area contributed by atoms with Crippen LogP contribution in [0.3, 0.4) is 0 Å². The van der Waals surface area contributed by atoms with E-state index in [4.69, 9.17) is 0 Å². The van der Waals surface area contributed by atoms with Gasteiger partial charge in [-0.05, 0) is 48.5 Å². The van der Waals surface area contributed by atoms with Gasteiger partial charge in [0, 0.05) is 11.4 Å². The van der Waals surface area contributed by atoms with Crippen LogP contribution in [0.25, 0.3) is 0 Å². The first-order valence-electron chi connectivity index (χ1n) is 9.60.